The molecule has 2 aromatic rings. The van der Waals surface area contributed by atoms with Gasteiger partial charge in [-0.1, -0.05) is 41.4 Å². The third-order valence-electron chi connectivity index (χ3n) is 3.96. The molecule has 0 bridgehead atoms. The summed E-state index contributed by atoms with van der Waals surface area (Å²) >= 11 is 12.5. The number of esters is 2. The first kappa shape index (κ1) is 23.0. The van der Waals surface area contributed by atoms with Gasteiger partial charge in [-0.2, -0.15) is 0 Å². The van der Waals surface area contributed by atoms with Crippen molar-refractivity contribution < 1.29 is 23.8 Å². The van der Waals surface area contributed by atoms with Crippen LogP contribution >= 0.6 is 23.2 Å². The average Bonchev–Trinajstić information content (AvgIpc) is 3.20. The van der Waals surface area contributed by atoms with Crippen molar-refractivity contribution in [2.45, 2.75) is 26.7 Å². The van der Waals surface area contributed by atoms with E-state index in [2.05, 4.69) is 10.1 Å². The van der Waals surface area contributed by atoms with Gasteiger partial charge in [0.05, 0.1) is 33.6 Å². The summed E-state index contributed by atoms with van der Waals surface area (Å²) in [5.41, 5.74) is 2.37. The molecule has 0 spiro atoms. The van der Waals surface area contributed by atoms with Crippen LogP contribution in [0.15, 0.2) is 36.4 Å². The van der Waals surface area contributed by atoms with E-state index in [1.165, 1.54) is 0 Å². The minimum atomic E-state index is -0.485. The van der Waals surface area contributed by atoms with Gasteiger partial charge in [-0.05, 0) is 44.0 Å². The van der Waals surface area contributed by atoms with Crippen LogP contribution in [0.5, 0.6) is 0 Å². The van der Waals surface area contributed by atoms with Crippen molar-refractivity contribution >= 4 is 46.5 Å². The van der Waals surface area contributed by atoms with Crippen LogP contribution in [-0.2, 0) is 19.0 Å². The number of aryl methyl sites for hydroxylation is 1. The molecule has 0 amide bonds. The Bertz CT molecular complexity index is 849. The molecule has 0 radical (unpaired) electrons. The summed E-state index contributed by atoms with van der Waals surface area (Å²) in [4.78, 5) is 22.2. The van der Waals surface area contributed by atoms with Gasteiger partial charge in [-0.15, -0.1) is 0 Å². The fraction of sp³-hybridized carbons (Fsp3) is 0.333. The quantitative estimate of drug-likeness (QED) is 0.362. The lowest BCUT2D eigenvalue weighted by Gasteiger charge is -2.15. The number of anilines is 2. The Kier molecular flexibility index (Phi) is 9.25. The number of para-hydroxylation sites is 1. The molecule has 0 unspecified atom stereocenters. The second-order valence-electron chi connectivity index (χ2n) is 6.09. The summed E-state index contributed by atoms with van der Waals surface area (Å²) in [7, 11) is 0. The van der Waals surface area contributed by atoms with Gasteiger partial charge in [0.1, 0.15) is 0 Å². The van der Waals surface area contributed by atoms with Gasteiger partial charge in [0, 0.05) is 13.0 Å². The Morgan fingerprint density at radius 1 is 1.21 bits per heavy atom. The zero-order valence-electron chi connectivity index (χ0n) is 16.3. The minimum absolute atomic E-state index is 0.0463. The van der Waals surface area contributed by atoms with E-state index in [1.54, 1.807) is 30.3 Å². The Balaban J connectivity index is 0.000000426. The number of rotatable bonds is 6. The van der Waals surface area contributed by atoms with Crippen molar-refractivity contribution in [1.29, 1.82) is 0 Å². The summed E-state index contributed by atoms with van der Waals surface area (Å²) in [6, 6.07) is 10.6. The Morgan fingerprint density at radius 3 is 2.59 bits per heavy atom. The normalized spacial score (nSPS) is 12.6. The third-order valence-corrected chi connectivity index (χ3v) is 4.76. The van der Waals surface area contributed by atoms with Crippen LogP contribution in [0.25, 0.3) is 0 Å². The topological polar surface area (TPSA) is 73.9 Å². The van der Waals surface area contributed by atoms with E-state index in [9.17, 15) is 9.59 Å². The molecular formula is C21H23Cl2NO5. The van der Waals surface area contributed by atoms with E-state index in [0.29, 0.717) is 46.6 Å². The summed E-state index contributed by atoms with van der Waals surface area (Å²) in [5.74, 6) is -0.531. The first-order valence-electron chi connectivity index (χ1n) is 9.15. The SMILES string of the molecule is CCOCOC(=O)c1ccccc1Nc1c(Cl)ccc(C)c1Cl.O=C1CCCO1. The maximum absolute atomic E-state index is 12.2. The van der Waals surface area contributed by atoms with Crippen molar-refractivity contribution in [2.24, 2.45) is 0 Å². The highest BCUT2D eigenvalue weighted by atomic mass is 35.5. The Hall–Kier alpha value is -2.28. The molecule has 0 aromatic heterocycles. The number of hydrogen-bond acceptors (Lipinski definition) is 6. The van der Waals surface area contributed by atoms with Crippen LogP contribution in [0.2, 0.25) is 10.0 Å². The van der Waals surface area contributed by atoms with Crippen molar-refractivity contribution in [3.05, 3.63) is 57.6 Å². The van der Waals surface area contributed by atoms with Gasteiger partial charge in [0.2, 0.25) is 0 Å². The average molecular weight is 440 g/mol. The number of halogens is 2. The number of carbonyl (C=O) groups excluding carboxylic acids is 2. The molecule has 1 saturated heterocycles. The van der Waals surface area contributed by atoms with Crippen LogP contribution in [0.3, 0.4) is 0 Å². The Labute approximate surface area is 180 Å². The standard InChI is InChI=1S/C17H17Cl2NO3.C4H6O2/c1-3-22-10-23-17(21)12-6-4-5-7-14(12)20-16-13(18)9-8-11(2)15(16)19;5-4-2-1-3-6-4/h4-9,20H,3,10H2,1-2H3;1-3H2. The van der Waals surface area contributed by atoms with E-state index < -0.39 is 5.97 Å². The van der Waals surface area contributed by atoms with Gasteiger partial charge in [0.25, 0.3) is 0 Å². The molecular weight excluding hydrogens is 417 g/mol. The minimum Gasteiger partial charge on any atom is -0.466 e. The number of carbonyl (C=O) groups is 2. The highest BCUT2D eigenvalue weighted by Crippen LogP contribution is 2.36. The lowest BCUT2D eigenvalue weighted by atomic mass is 10.1. The number of ether oxygens (including phenoxy) is 3. The van der Waals surface area contributed by atoms with Crippen LogP contribution in [0.4, 0.5) is 11.4 Å². The fourth-order valence-electron chi connectivity index (χ4n) is 2.41. The van der Waals surface area contributed by atoms with Gasteiger partial charge < -0.3 is 19.5 Å². The summed E-state index contributed by atoms with van der Waals surface area (Å²) in [6.45, 7) is 4.73. The maximum Gasteiger partial charge on any atom is 0.342 e. The molecule has 29 heavy (non-hydrogen) atoms. The fourth-order valence-corrected chi connectivity index (χ4v) is 2.87. The molecule has 156 valence electrons. The van der Waals surface area contributed by atoms with Gasteiger partial charge in [-0.25, -0.2) is 4.79 Å². The van der Waals surface area contributed by atoms with E-state index in [-0.39, 0.29) is 12.8 Å². The first-order valence-corrected chi connectivity index (χ1v) is 9.90. The number of hydrogen-bond donors (Lipinski definition) is 1. The lowest BCUT2D eigenvalue weighted by molar-refractivity contribution is -0.137. The molecule has 6 nitrogen and oxygen atoms in total. The molecule has 3 rings (SSSR count). The van der Waals surface area contributed by atoms with Crippen molar-refractivity contribution in [1.82, 2.24) is 0 Å². The van der Waals surface area contributed by atoms with Crippen molar-refractivity contribution in [3.63, 3.8) is 0 Å². The molecule has 1 heterocycles. The maximum atomic E-state index is 12.2. The first-order chi connectivity index (χ1) is 13.9. The van der Waals surface area contributed by atoms with E-state index in [1.807, 2.05) is 19.9 Å². The summed E-state index contributed by atoms with van der Waals surface area (Å²) < 4.78 is 14.6. The highest BCUT2D eigenvalue weighted by Gasteiger charge is 2.15. The second kappa shape index (κ2) is 11.7. The van der Waals surface area contributed by atoms with Crippen LogP contribution in [-0.4, -0.2) is 31.9 Å². The molecule has 1 fully saturated rings. The summed E-state index contributed by atoms with van der Waals surface area (Å²) in [5, 5.41) is 4.10. The lowest BCUT2D eigenvalue weighted by Crippen LogP contribution is -2.11. The van der Waals surface area contributed by atoms with Crippen LogP contribution < -0.4 is 5.32 Å². The van der Waals surface area contributed by atoms with Crippen LogP contribution in [0, 0.1) is 6.92 Å². The third kappa shape index (κ3) is 6.92. The highest BCUT2D eigenvalue weighted by molar-refractivity contribution is 6.39. The van der Waals surface area contributed by atoms with Gasteiger partial charge in [0.15, 0.2) is 6.79 Å². The molecule has 0 aliphatic carbocycles. The smallest absolute Gasteiger partial charge is 0.342 e. The molecule has 2 aromatic carbocycles. The zero-order chi connectivity index (χ0) is 21.2. The monoisotopic (exact) mass is 439 g/mol. The predicted molar refractivity (Wildman–Crippen MR) is 113 cm³/mol. The largest absolute Gasteiger partial charge is 0.466 e. The van der Waals surface area contributed by atoms with Crippen molar-refractivity contribution in [3.8, 4) is 0 Å². The van der Waals surface area contributed by atoms with Gasteiger partial charge >= 0.3 is 11.9 Å². The molecule has 1 N–H and O–H groups in total. The summed E-state index contributed by atoms with van der Waals surface area (Å²) in [6.07, 6.45) is 1.54. The number of benzene rings is 2. The molecule has 1 aliphatic rings. The molecule has 8 heteroatoms. The zero-order valence-corrected chi connectivity index (χ0v) is 17.8. The van der Waals surface area contributed by atoms with Crippen LogP contribution in [0.1, 0.15) is 35.7 Å². The molecule has 0 atom stereocenters. The number of cyclic esters (lactones) is 1. The van der Waals surface area contributed by atoms with Crippen molar-refractivity contribution in [2.75, 3.05) is 25.3 Å². The molecule has 0 saturated carbocycles. The van der Waals surface area contributed by atoms with Gasteiger partial charge in [-0.3, -0.25) is 4.79 Å². The van der Waals surface area contributed by atoms with E-state index in [4.69, 9.17) is 32.7 Å². The Morgan fingerprint density at radius 2 is 1.97 bits per heavy atom. The predicted octanol–water partition coefficient (Wildman–Crippen LogP) is 5.52. The van der Waals surface area contributed by atoms with E-state index >= 15 is 0 Å². The number of nitrogens with one attached hydrogen (secondary N) is 1. The second-order valence-corrected chi connectivity index (χ2v) is 6.88. The van der Waals surface area contributed by atoms with E-state index in [0.717, 1.165) is 12.0 Å². The molecule has 1 aliphatic heterocycles.